The predicted molar refractivity (Wildman–Crippen MR) is 128 cm³/mol. The highest BCUT2D eigenvalue weighted by molar-refractivity contribution is 6.09. The largest absolute Gasteiger partial charge is 0.348 e. The van der Waals surface area contributed by atoms with Gasteiger partial charge in [0.2, 0.25) is 5.91 Å². The summed E-state index contributed by atoms with van der Waals surface area (Å²) in [6.45, 7) is 8.48. The number of anilines is 1. The molecule has 172 valence electrons. The summed E-state index contributed by atoms with van der Waals surface area (Å²) in [4.78, 5) is 42.0. The van der Waals surface area contributed by atoms with E-state index in [1.165, 1.54) is 4.90 Å². The molecule has 0 aliphatic heterocycles. The lowest BCUT2D eigenvalue weighted by molar-refractivity contribution is -0.117. The van der Waals surface area contributed by atoms with Crippen molar-refractivity contribution >= 4 is 28.4 Å². The monoisotopic (exact) mass is 447 g/mol. The van der Waals surface area contributed by atoms with Gasteiger partial charge in [0.1, 0.15) is 6.42 Å². The molecule has 0 saturated heterocycles. The Labute approximate surface area is 192 Å². The van der Waals surface area contributed by atoms with Gasteiger partial charge in [-0.3, -0.25) is 14.4 Å². The van der Waals surface area contributed by atoms with Crippen LogP contribution >= 0.6 is 0 Å². The Bertz CT molecular complexity index is 1330. The summed E-state index contributed by atoms with van der Waals surface area (Å²) >= 11 is 0. The number of aromatic amines is 1. The first-order chi connectivity index (χ1) is 15.7. The number of nitrogens with zero attached hydrogens (tertiary/aromatic N) is 3. The van der Waals surface area contributed by atoms with Crippen molar-refractivity contribution in [3.8, 4) is 6.07 Å². The number of carbonyl (C=O) groups excluding carboxylic acids is 2. The molecule has 0 unspecified atom stereocenters. The molecule has 0 spiro atoms. The fraction of sp³-hybridized carbons (Fsp3) is 0.360. The van der Waals surface area contributed by atoms with E-state index in [1.807, 2.05) is 45.0 Å². The van der Waals surface area contributed by atoms with Gasteiger partial charge in [-0.2, -0.15) is 5.26 Å². The Hall–Kier alpha value is -3.86. The van der Waals surface area contributed by atoms with Crippen LogP contribution in [0.15, 0.2) is 29.1 Å². The van der Waals surface area contributed by atoms with E-state index in [9.17, 15) is 14.4 Å². The van der Waals surface area contributed by atoms with E-state index in [4.69, 9.17) is 5.26 Å². The van der Waals surface area contributed by atoms with Gasteiger partial charge in [-0.1, -0.05) is 6.92 Å². The molecule has 0 fully saturated rings. The number of benzene rings is 1. The molecule has 0 aliphatic carbocycles. The van der Waals surface area contributed by atoms with Crippen LogP contribution in [0.25, 0.3) is 10.9 Å². The fourth-order valence-corrected chi connectivity index (χ4v) is 4.16. The number of amides is 2. The number of carbonyl (C=O) groups is 2. The zero-order valence-electron chi connectivity index (χ0n) is 19.7. The van der Waals surface area contributed by atoms with Crippen LogP contribution in [-0.4, -0.2) is 28.4 Å². The average molecular weight is 448 g/mol. The molecule has 8 nitrogen and oxygen atoms in total. The summed E-state index contributed by atoms with van der Waals surface area (Å²) in [5.74, 6) is -0.549. The molecule has 0 aliphatic rings. The van der Waals surface area contributed by atoms with Crippen LogP contribution in [0.1, 0.15) is 52.6 Å². The summed E-state index contributed by atoms with van der Waals surface area (Å²) in [5.41, 5.74) is 4.82. The molecule has 2 N–H and O–H groups in total. The first-order valence-electron chi connectivity index (χ1n) is 10.9. The van der Waals surface area contributed by atoms with Gasteiger partial charge in [0.15, 0.2) is 0 Å². The molecule has 0 bridgehead atoms. The van der Waals surface area contributed by atoms with Crippen LogP contribution in [-0.2, 0) is 17.9 Å². The highest BCUT2D eigenvalue weighted by atomic mass is 16.2. The van der Waals surface area contributed by atoms with Crippen molar-refractivity contribution in [3.05, 3.63) is 62.7 Å². The summed E-state index contributed by atoms with van der Waals surface area (Å²) in [5, 5.41) is 12.5. The average Bonchev–Trinajstić information content (AvgIpc) is 3.03. The number of aromatic nitrogens is 2. The normalized spacial score (nSPS) is 10.8. The van der Waals surface area contributed by atoms with Crippen molar-refractivity contribution in [1.29, 1.82) is 5.26 Å². The maximum atomic E-state index is 13.2. The van der Waals surface area contributed by atoms with Crippen molar-refractivity contribution in [2.45, 2.75) is 53.6 Å². The minimum Gasteiger partial charge on any atom is -0.348 e. The Kier molecular flexibility index (Phi) is 7.02. The van der Waals surface area contributed by atoms with E-state index >= 15 is 0 Å². The van der Waals surface area contributed by atoms with Gasteiger partial charge < -0.3 is 19.8 Å². The van der Waals surface area contributed by atoms with Gasteiger partial charge in [0, 0.05) is 48.2 Å². The lowest BCUT2D eigenvalue weighted by atomic mass is 10.1. The Morgan fingerprint density at radius 2 is 1.94 bits per heavy atom. The Balaban J connectivity index is 2.00. The number of fused-ring (bicyclic) bond motifs is 1. The number of rotatable bonds is 7. The van der Waals surface area contributed by atoms with Gasteiger partial charge in [0.05, 0.1) is 17.1 Å². The van der Waals surface area contributed by atoms with E-state index in [0.29, 0.717) is 23.4 Å². The summed E-state index contributed by atoms with van der Waals surface area (Å²) in [7, 11) is 1.63. The van der Waals surface area contributed by atoms with Crippen LogP contribution in [0.4, 0.5) is 5.69 Å². The van der Waals surface area contributed by atoms with Gasteiger partial charge in [0.25, 0.3) is 11.5 Å². The third-order valence-corrected chi connectivity index (χ3v) is 5.89. The van der Waals surface area contributed by atoms with Crippen molar-refractivity contribution < 1.29 is 9.59 Å². The maximum Gasteiger partial charge on any atom is 0.254 e. The molecule has 3 aromatic rings. The Morgan fingerprint density at radius 3 is 2.58 bits per heavy atom. The number of H-pyrrole nitrogens is 1. The van der Waals surface area contributed by atoms with E-state index in [-0.39, 0.29) is 30.3 Å². The molecule has 2 amide bonds. The minimum atomic E-state index is -0.293. The van der Waals surface area contributed by atoms with Crippen molar-refractivity contribution in [2.24, 2.45) is 0 Å². The predicted octanol–water partition coefficient (Wildman–Crippen LogP) is 3.47. The molecule has 3 rings (SSSR count). The number of pyridine rings is 1. The molecule has 2 heterocycles. The van der Waals surface area contributed by atoms with Crippen LogP contribution < -0.4 is 15.8 Å². The van der Waals surface area contributed by atoms with Gasteiger partial charge >= 0.3 is 0 Å². The van der Waals surface area contributed by atoms with Gasteiger partial charge in [-0.05, 0) is 57.0 Å². The van der Waals surface area contributed by atoms with E-state index in [0.717, 1.165) is 34.3 Å². The van der Waals surface area contributed by atoms with Crippen LogP contribution in [0, 0.1) is 32.1 Å². The molecule has 2 aromatic heterocycles. The summed E-state index contributed by atoms with van der Waals surface area (Å²) in [6.07, 6.45) is 0.672. The summed E-state index contributed by atoms with van der Waals surface area (Å²) < 4.78 is 2.07. The second-order valence-corrected chi connectivity index (χ2v) is 8.23. The fourth-order valence-electron chi connectivity index (χ4n) is 4.16. The third kappa shape index (κ3) is 4.67. The molecule has 0 radical (unpaired) electrons. The van der Waals surface area contributed by atoms with Crippen LogP contribution in [0.2, 0.25) is 0 Å². The van der Waals surface area contributed by atoms with Crippen molar-refractivity contribution in [1.82, 2.24) is 14.9 Å². The van der Waals surface area contributed by atoms with E-state index in [1.54, 1.807) is 13.1 Å². The Morgan fingerprint density at radius 1 is 1.21 bits per heavy atom. The highest BCUT2D eigenvalue weighted by Gasteiger charge is 2.21. The van der Waals surface area contributed by atoms with E-state index < -0.39 is 0 Å². The van der Waals surface area contributed by atoms with E-state index in [2.05, 4.69) is 21.8 Å². The highest BCUT2D eigenvalue weighted by Crippen LogP contribution is 2.30. The number of nitrogens with one attached hydrogen (secondary N) is 2. The van der Waals surface area contributed by atoms with Crippen molar-refractivity contribution in [3.63, 3.8) is 0 Å². The minimum absolute atomic E-state index is 0.129. The topological polar surface area (TPSA) is 111 Å². The first-order valence-corrected chi connectivity index (χ1v) is 10.9. The number of nitriles is 1. The first kappa shape index (κ1) is 23.8. The smallest absolute Gasteiger partial charge is 0.254 e. The summed E-state index contributed by atoms with van der Waals surface area (Å²) in [6, 6.07) is 9.24. The van der Waals surface area contributed by atoms with Gasteiger partial charge in [-0.25, -0.2) is 0 Å². The van der Waals surface area contributed by atoms with Crippen LogP contribution in [0.5, 0.6) is 0 Å². The zero-order valence-corrected chi connectivity index (χ0v) is 19.7. The molecule has 1 aromatic carbocycles. The quantitative estimate of drug-likeness (QED) is 0.578. The standard InChI is InChI=1S/C25H29N5O3/c1-6-11-30-17(4)23(25(33)27-14-20-15(2)12-16(3)28-24(20)32)19-8-7-18(13-21(19)30)29(5)22(31)9-10-26/h7-8,12-13H,6,9,11,14H2,1-5H3,(H,27,33)(H,28,32). The molecular formula is C25H29N5O3. The molecule has 33 heavy (non-hydrogen) atoms. The second kappa shape index (κ2) is 9.74. The van der Waals surface area contributed by atoms with Crippen molar-refractivity contribution in [2.75, 3.05) is 11.9 Å². The molecule has 0 saturated carbocycles. The third-order valence-electron chi connectivity index (χ3n) is 5.89. The second-order valence-electron chi connectivity index (χ2n) is 8.23. The SMILES string of the molecule is CCCn1c(C)c(C(=O)NCc2c(C)cc(C)[nH]c2=O)c2ccc(N(C)C(=O)CC#N)cc21. The molecule has 8 heteroatoms. The van der Waals surface area contributed by atoms with Crippen LogP contribution in [0.3, 0.4) is 0 Å². The lowest BCUT2D eigenvalue weighted by Crippen LogP contribution is -2.28. The molecular weight excluding hydrogens is 418 g/mol. The maximum absolute atomic E-state index is 13.2. The number of hydrogen-bond acceptors (Lipinski definition) is 4. The van der Waals surface area contributed by atoms with Gasteiger partial charge in [-0.15, -0.1) is 0 Å². The number of aryl methyl sites for hydroxylation is 3. The number of hydrogen-bond donors (Lipinski definition) is 2. The molecule has 0 atom stereocenters. The zero-order chi connectivity index (χ0) is 24.3. The lowest BCUT2D eigenvalue weighted by Gasteiger charge is -2.16.